The molecule has 0 bridgehead atoms. The molecule has 0 unspecified atom stereocenters. The highest BCUT2D eigenvalue weighted by atomic mass is 16.1. The van der Waals surface area contributed by atoms with Crippen LogP contribution in [0.15, 0.2) is 36.7 Å². The Hall–Kier alpha value is -2.14. The molecule has 0 fully saturated rings. The van der Waals surface area contributed by atoms with Gasteiger partial charge in [-0.25, -0.2) is 0 Å². The summed E-state index contributed by atoms with van der Waals surface area (Å²) >= 11 is 0. The van der Waals surface area contributed by atoms with E-state index in [4.69, 9.17) is 5.73 Å². The van der Waals surface area contributed by atoms with Gasteiger partial charge >= 0.3 is 0 Å². The number of benzene rings is 1. The Morgan fingerprint density at radius 3 is 2.81 bits per heavy atom. The third-order valence-corrected chi connectivity index (χ3v) is 3.71. The van der Waals surface area contributed by atoms with Gasteiger partial charge in [-0.2, -0.15) is 5.10 Å². The summed E-state index contributed by atoms with van der Waals surface area (Å²) in [4.78, 5) is 11.2. The van der Waals surface area contributed by atoms with E-state index < -0.39 is 5.91 Å². The summed E-state index contributed by atoms with van der Waals surface area (Å²) in [5, 5.41) is 7.80. The molecule has 1 heterocycles. The van der Waals surface area contributed by atoms with Crippen molar-refractivity contribution >= 4 is 5.91 Å². The molecule has 0 saturated heterocycles. The summed E-state index contributed by atoms with van der Waals surface area (Å²) in [5.74, 6) is -0.398. The summed E-state index contributed by atoms with van der Waals surface area (Å²) in [6.45, 7) is 6.97. The number of nitrogens with one attached hydrogen (secondary N) is 1. The fourth-order valence-electron chi connectivity index (χ4n) is 2.17. The molecule has 3 N–H and O–H groups in total. The molecule has 1 aromatic heterocycles. The van der Waals surface area contributed by atoms with Crippen LogP contribution in [0.25, 0.3) is 0 Å². The Morgan fingerprint density at radius 2 is 2.19 bits per heavy atom. The lowest BCUT2D eigenvalue weighted by Gasteiger charge is -2.22. The van der Waals surface area contributed by atoms with E-state index in [-0.39, 0.29) is 12.1 Å². The summed E-state index contributed by atoms with van der Waals surface area (Å²) in [6.07, 6.45) is 3.90. The van der Waals surface area contributed by atoms with Gasteiger partial charge < -0.3 is 11.1 Å². The zero-order valence-electron chi connectivity index (χ0n) is 12.7. The van der Waals surface area contributed by atoms with E-state index in [1.807, 2.05) is 42.2 Å². The molecular formula is C16H22N4O. The first kappa shape index (κ1) is 15.3. The number of nitrogens with two attached hydrogens (primary N) is 1. The van der Waals surface area contributed by atoms with Crippen molar-refractivity contribution in [2.24, 2.45) is 5.73 Å². The van der Waals surface area contributed by atoms with Crippen LogP contribution in [0, 0.1) is 6.92 Å². The van der Waals surface area contributed by atoms with Crippen LogP contribution < -0.4 is 11.1 Å². The molecular weight excluding hydrogens is 264 g/mol. The predicted molar refractivity (Wildman–Crippen MR) is 82.9 cm³/mol. The van der Waals surface area contributed by atoms with E-state index in [9.17, 15) is 4.79 Å². The number of aryl methyl sites for hydroxylation is 1. The molecule has 2 atom stereocenters. The maximum atomic E-state index is 11.2. The third kappa shape index (κ3) is 3.92. The molecule has 0 aliphatic carbocycles. The van der Waals surface area contributed by atoms with Crippen molar-refractivity contribution < 1.29 is 4.79 Å². The highest BCUT2D eigenvalue weighted by molar-refractivity contribution is 5.92. The average Bonchev–Trinajstić information content (AvgIpc) is 2.90. The largest absolute Gasteiger partial charge is 0.366 e. The van der Waals surface area contributed by atoms with Crippen molar-refractivity contribution in [1.82, 2.24) is 15.1 Å². The molecule has 5 nitrogen and oxygen atoms in total. The number of aromatic nitrogens is 2. The number of carbonyl (C=O) groups is 1. The molecule has 1 aromatic carbocycles. The van der Waals surface area contributed by atoms with E-state index in [1.165, 1.54) is 0 Å². The summed E-state index contributed by atoms with van der Waals surface area (Å²) < 4.78 is 1.97. The molecule has 2 rings (SSSR count). The number of carbonyl (C=O) groups excluding carboxylic acids is 1. The van der Waals surface area contributed by atoms with Crippen molar-refractivity contribution in [1.29, 1.82) is 0 Å². The second-order valence-corrected chi connectivity index (χ2v) is 5.47. The van der Waals surface area contributed by atoms with E-state index >= 15 is 0 Å². The quantitative estimate of drug-likeness (QED) is 0.853. The van der Waals surface area contributed by atoms with Gasteiger partial charge in [0.2, 0.25) is 5.91 Å². The zero-order chi connectivity index (χ0) is 15.4. The highest BCUT2D eigenvalue weighted by Crippen LogP contribution is 2.12. The first-order valence-electron chi connectivity index (χ1n) is 7.10. The molecule has 2 aromatic rings. The number of hydrogen-bond donors (Lipinski definition) is 2. The fraction of sp³-hybridized carbons (Fsp3) is 0.375. The van der Waals surface area contributed by atoms with Crippen LogP contribution in [-0.2, 0) is 6.54 Å². The van der Waals surface area contributed by atoms with Gasteiger partial charge in [0, 0.05) is 24.3 Å². The maximum absolute atomic E-state index is 11.2. The maximum Gasteiger partial charge on any atom is 0.248 e. The monoisotopic (exact) mass is 286 g/mol. The number of rotatable bonds is 6. The molecule has 1 amide bonds. The number of primary amides is 1. The minimum Gasteiger partial charge on any atom is -0.366 e. The Kier molecular flexibility index (Phi) is 4.75. The first-order valence-corrected chi connectivity index (χ1v) is 7.10. The Morgan fingerprint density at radius 1 is 1.43 bits per heavy atom. The van der Waals surface area contributed by atoms with Crippen molar-refractivity contribution in [3.63, 3.8) is 0 Å². The normalized spacial score (nSPS) is 13.9. The van der Waals surface area contributed by atoms with Gasteiger partial charge in [0.25, 0.3) is 0 Å². The topological polar surface area (TPSA) is 72.9 Å². The predicted octanol–water partition coefficient (Wildman–Crippen LogP) is 2.03. The van der Waals surface area contributed by atoms with Gasteiger partial charge in [-0.3, -0.25) is 9.48 Å². The lowest BCUT2D eigenvalue weighted by Crippen LogP contribution is -2.33. The van der Waals surface area contributed by atoms with Gasteiger partial charge in [-0.1, -0.05) is 12.1 Å². The number of nitrogens with zero attached hydrogens (tertiary/aromatic N) is 2. The lowest BCUT2D eigenvalue weighted by atomic mass is 10.1. The minimum atomic E-state index is -0.398. The van der Waals surface area contributed by atoms with Crippen molar-refractivity contribution in [3.8, 4) is 0 Å². The van der Waals surface area contributed by atoms with E-state index in [1.54, 1.807) is 6.07 Å². The van der Waals surface area contributed by atoms with Gasteiger partial charge in [0.05, 0.1) is 12.2 Å². The van der Waals surface area contributed by atoms with Crippen LogP contribution in [0.3, 0.4) is 0 Å². The summed E-state index contributed by atoms with van der Waals surface area (Å²) in [5.41, 5.74) is 8.03. The summed E-state index contributed by atoms with van der Waals surface area (Å²) in [6, 6.07) is 7.88. The van der Waals surface area contributed by atoms with Crippen molar-refractivity contribution in [2.45, 2.75) is 39.4 Å². The smallest absolute Gasteiger partial charge is 0.248 e. The fourth-order valence-corrected chi connectivity index (χ4v) is 2.17. The zero-order valence-corrected chi connectivity index (χ0v) is 12.7. The van der Waals surface area contributed by atoms with Gasteiger partial charge in [-0.05, 0) is 44.0 Å². The SMILES string of the molecule is Cc1cnn([C@H](C)[C@H](C)NCc2cccc(C(N)=O)c2)c1. The van der Waals surface area contributed by atoms with Gasteiger partial charge in [0.1, 0.15) is 0 Å². The molecule has 5 heteroatoms. The molecule has 21 heavy (non-hydrogen) atoms. The number of amides is 1. The average molecular weight is 286 g/mol. The van der Waals surface area contributed by atoms with E-state index in [0.717, 1.165) is 11.1 Å². The third-order valence-electron chi connectivity index (χ3n) is 3.71. The second kappa shape index (κ2) is 6.54. The van der Waals surface area contributed by atoms with Gasteiger partial charge in [-0.15, -0.1) is 0 Å². The standard InChI is InChI=1S/C16H22N4O/c1-11-8-19-20(10-11)13(3)12(2)18-9-14-5-4-6-15(7-14)16(17)21/h4-8,10,12-13,18H,9H2,1-3H3,(H2,17,21)/t12-,13+/m0/s1. The van der Waals surface area contributed by atoms with E-state index in [0.29, 0.717) is 12.1 Å². The van der Waals surface area contributed by atoms with Crippen molar-refractivity contribution in [3.05, 3.63) is 53.3 Å². The Bertz CT molecular complexity index is 620. The molecule has 0 radical (unpaired) electrons. The van der Waals surface area contributed by atoms with Crippen LogP contribution in [0.2, 0.25) is 0 Å². The molecule has 0 spiro atoms. The Balaban J connectivity index is 1.96. The first-order chi connectivity index (χ1) is 9.97. The lowest BCUT2D eigenvalue weighted by molar-refractivity contribution is 0.1000. The molecule has 0 aliphatic rings. The molecule has 112 valence electrons. The van der Waals surface area contributed by atoms with Crippen LogP contribution in [0.5, 0.6) is 0 Å². The highest BCUT2D eigenvalue weighted by Gasteiger charge is 2.14. The van der Waals surface area contributed by atoms with Crippen LogP contribution in [0.1, 0.15) is 41.4 Å². The molecule has 0 saturated carbocycles. The second-order valence-electron chi connectivity index (χ2n) is 5.47. The Labute approximate surface area is 125 Å². The molecule has 0 aliphatic heterocycles. The minimum absolute atomic E-state index is 0.248. The van der Waals surface area contributed by atoms with E-state index in [2.05, 4.69) is 24.3 Å². The van der Waals surface area contributed by atoms with Crippen LogP contribution >= 0.6 is 0 Å². The number of hydrogen-bond acceptors (Lipinski definition) is 3. The van der Waals surface area contributed by atoms with Crippen molar-refractivity contribution in [2.75, 3.05) is 0 Å². The van der Waals surface area contributed by atoms with Crippen LogP contribution in [-0.4, -0.2) is 21.7 Å². The summed E-state index contributed by atoms with van der Waals surface area (Å²) in [7, 11) is 0. The van der Waals surface area contributed by atoms with Gasteiger partial charge in [0.15, 0.2) is 0 Å². The van der Waals surface area contributed by atoms with Crippen LogP contribution in [0.4, 0.5) is 0 Å².